The molecule has 1 aliphatic rings. The fourth-order valence-electron chi connectivity index (χ4n) is 2.63. The molecule has 1 fully saturated rings. The SMILES string of the molecule is NC(=O)CN[C@@H]1C[C@H]1c1ccc(OCc2cccc(Br)c2)cc1. The lowest BCUT2D eigenvalue weighted by Gasteiger charge is -2.08. The van der Waals surface area contributed by atoms with Gasteiger partial charge in [0.15, 0.2) is 0 Å². The van der Waals surface area contributed by atoms with E-state index < -0.39 is 0 Å². The zero-order valence-corrected chi connectivity index (χ0v) is 14.3. The molecule has 0 spiro atoms. The van der Waals surface area contributed by atoms with E-state index in [0.717, 1.165) is 22.2 Å². The van der Waals surface area contributed by atoms with Crippen molar-refractivity contribution < 1.29 is 9.53 Å². The number of carbonyl (C=O) groups excluding carboxylic acids is 1. The molecule has 0 bridgehead atoms. The Labute approximate surface area is 144 Å². The molecule has 2 aromatic rings. The molecule has 1 aliphatic carbocycles. The first-order chi connectivity index (χ1) is 11.1. The number of halogens is 1. The van der Waals surface area contributed by atoms with Crippen LogP contribution in [0.25, 0.3) is 0 Å². The number of nitrogens with two attached hydrogens (primary N) is 1. The molecule has 1 saturated carbocycles. The van der Waals surface area contributed by atoms with E-state index in [-0.39, 0.29) is 12.5 Å². The molecular formula is C18H19BrN2O2. The van der Waals surface area contributed by atoms with Gasteiger partial charge in [0.25, 0.3) is 0 Å². The van der Waals surface area contributed by atoms with Gasteiger partial charge in [-0.2, -0.15) is 0 Å². The summed E-state index contributed by atoms with van der Waals surface area (Å²) in [5.41, 5.74) is 7.53. The lowest BCUT2D eigenvalue weighted by atomic mass is 10.1. The predicted octanol–water partition coefficient (Wildman–Crippen LogP) is 2.96. The highest BCUT2D eigenvalue weighted by Gasteiger charge is 2.37. The second-order valence-corrected chi connectivity index (χ2v) is 6.70. The van der Waals surface area contributed by atoms with Gasteiger partial charge in [-0.15, -0.1) is 0 Å². The number of hydrogen-bond donors (Lipinski definition) is 2. The van der Waals surface area contributed by atoms with Gasteiger partial charge < -0.3 is 15.8 Å². The van der Waals surface area contributed by atoms with Crippen LogP contribution in [0, 0.1) is 0 Å². The number of carbonyl (C=O) groups is 1. The Morgan fingerprint density at radius 3 is 2.74 bits per heavy atom. The van der Waals surface area contributed by atoms with Gasteiger partial charge in [-0.1, -0.05) is 40.2 Å². The molecule has 0 heterocycles. The number of ether oxygens (including phenoxy) is 1. The summed E-state index contributed by atoms with van der Waals surface area (Å²) in [6.07, 6.45) is 1.05. The number of primary amides is 1. The molecule has 3 rings (SSSR count). The maximum Gasteiger partial charge on any atom is 0.231 e. The van der Waals surface area contributed by atoms with E-state index in [4.69, 9.17) is 10.5 Å². The second kappa shape index (κ2) is 7.15. The number of nitrogens with one attached hydrogen (secondary N) is 1. The van der Waals surface area contributed by atoms with Gasteiger partial charge in [0.2, 0.25) is 5.91 Å². The quantitative estimate of drug-likeness (QED) is 0.782. The summed E-state index contributed by atoms with van der Waals surface area (Å²) in [5.74, 6) is 1.01. The van der Waals surface area contributed by atoms with Crippen LogP contribution < -0.4 is 15.8 Å². The highest BCUT2D eigenvalue weighted by atomic mass is 79.9. The summed E-state index contributed by atoms with van der Waals surface area (Å²) in [6, 6.07) is 16.6. The topological polar surface area (TPSA) is 64.4 Å². The molecule has 1 amide bonds. The van der Waals surface area contributed by atoms with E-state index in [1.807, 2.05) is 36.4 Å². The molecule has 0 aliphatic heterocycles. The average molecular weight is 375 g/mol. The normalized spacial score (nSPS) is 19.3. The van der Waals surface area contributed by atoms with Gasteiger partial charge in [-0.05, 0) is 41.8 Å². The van der Waals surface area contributed by atoms with E-state index in [0.29, 0.717) is 18.6 Å². The van der Waals surface area contributed by atoms with Gasteiger partial charge in [-0.3, -0.25) is 4.79 Å². The van der Waals surface area contributed by atoms with Crippen molar-refractivity contribution in [3.63, 3.8) is 0 Å². The molecule has 0 saturated heterocycles. The van der Waals surface area contributed by atoms with E-state index in [9.17, 15) is 4.79 Å². The van der Waals surface area contributed by atoms with E-state index in [2.05, 4.69) is 33.4 Å². The predicted molar refractivity (Wildman–Crippen MR) is 93.3 cm³/mol. The van der Waals surface area contributed by atoms with Gasteiger partial charge >= 0.3 is 0 Å². The first-order valence-corrected chi connectivity index (χ1v) is 8.40. The zero-order chi connectivity index (χ0) is 16.2. The molecule has 4 nitrogen and oxygen atoms in total. The van der Waals surface area contributed by atoms with Crippen LogP contribution in [0.1, 0.15) is 23.5 Å². The van der Waals surface area contributed by atoms with E-state index >= 15 is 0 Å². The van der Waals surface area contributed by atoms with Crippen LogP contribution in [0.3, 0.4) is 0 Å². The highest BCUT2D eigenvalue weighted by Crippen LogP contribution is 2.41. The third-order valence-corrected chi connectivity index (χ3v) is 4.42. The van der Waals surface area contributed by atoms with Crippen molar-refractivity contribution in [3.8, 4) is 5.75 Å². The highest BCUT2D eigenvalue weighted by molar-refractivity contribution is 9.10. The van der Waals surface area contributed by atoms with Crippen LogP contribution in [0.4, 0.5) is 0 Å². The third-order valence-electron chi connectivity index (χ3n) is 3.93. The maximum absolute atomic E-state index is 10.8. The fourth-order valence-corrected chi connectivity index (χ4v) is 3.07. The molecule has 2 aromatic carbocycles. The smallest absolute Gasteiger partial charge is 0.231 e. The standard InChI is InChI=1S/C18H19BrN2O2/c19-14-3-1-2-12(8-14)11-23-15-6-4-13(5-7-15)16-9-17(16)21-10-18(20)22/h1-8,16-17,21H,9-11H2,(H2,20,22)/t16-,17+/m0/s1. The fraction of sp³-hybridized carbons (Fsp3) is 0.278. The Morgan fingerprint density at radius 1 is 1.26 bits per heavy atom. The molecule has 120 valence electrons. The number of benzene rings is 2. The Kier molecular flexibility index (Phi) is 4.98. The monoisotopic (exact) mass is 374 g/mol. The minimum Gasteiger partial charge on any atom is -0.489 e. The van der Waals surface area contributed by atoms with Crippen molar-refractivity contribution in [1.82, 2.24) is 5.32 Å². The van der Waals surface area contributed by atoms with Crippen LogP contribution in [0.2, 0.25) is 0 Å². The number of rotatable bonds is 7. The zero-order valence-electron chi connectivity index (χ0n) is 12.7. The van der Waals surface area contributed by atoms with E-state index in [1.165, 1.54) is 5.56 Å². The van der Waals surface area contributed by atoms with Crippen molar-refractivity contribution in [2.75, 3.05) is 6.54 Å². The number of amides is 1. The molecule has 23 heavy (non-hydrogen) atoms. The molecule has 5 heteroatoms. The van der Waals surface area contributed by atoms with Gasteiger partial charge in [0, 0.05) is 16.4 Å². The summed E-state index contributed by atoms with van der Waals surface area (Å²) >= 11 is 3.46. The average Bonchev–Trinajstić information content (AvgIpc) is 3.31. The Morgan fingerprint density at radius 2 is 2.04 bits per heavy atom. The summed E-state index contributed by atoms with van der Waals surface area (Å²) in [6.45, 7) is 0.792. The molecular weight excluding hydrogens is 356 g/mol. The molecule has 0 unspecified atom stereocenters. The first kappa shape index (κ1) is 16.0. The third kappa shape index (κ3) is 4.56. The van der Waals surface area contributed by atoms with Crippen molar-refractivity contribution in [3.05, 3.63) is 64.1 Å². The maximum atomic E-state index is 10.8. The van der Waals surface area contributed by atoms with E-state index in [1.54, 1.807) is 0 Å². The van der Waals surface area contributed by atoms with Crippen molar-refractivity contribution in [2.24, 2.45) is 5.73 Å². The summed E-state index contributed by atoms with van der Waals surface area (Å²) < 4.78 is 6.86. The van der Waals surface area contributed by atoms with Gasteiger partial charge in [0.05, 0.1) is 6.54 Å². The Balaban J connectivity index is 1.51. The van der Waals surface area contributed by atoms with Crippen LogP contribution in [-0.2, 0) is 11.4 Å². The van der Waals surface area contributed by atoms with Gasteiger partial charge in [0.1, 0.15) is 12.4 Å². The van der Waals surface area contributed by atoms with Crippen LogP contribution in [0.15, 0.2) is 53.0 Å². The molecule has 0 radical (unpaired) electrons. The van der Waals surface area contributed by atoms with Crippen molar-refractivity contribution in [1.29, 1.82) is 0 Å². The van der Waals surface area contributed by atoms with Crippen molar-refractivity contribution >= 4 is 21.8 Å². The molecule has 0 aromatic heterocycles. The lowest BCUT2D eigenvalue weighted by molar-refractivity contribution is -0.117. The molecule has 3 N–H and O–H groups in total. The first-order valence-electron chi connectivity index (χ1n) is 7.61. The van der Waals surface area contributed by atoms with Crippen LogP contribution in [-0.4, -0.2) is 18.5 Å². The summed E-state index contributed by atoms with van der Waals surface area (Å²) in [7, 11) is 0. The second-order valence-electron chi connectivity index (χ2n) is 5.78. The summed E-state index contributed by atoms with van der Waals surface area (Å²) in [4.78, 5) is 10.8. The minimum atomic E-state index is -0.313. The minimum absolute atomic E-state index is 0.245. The number of hydrogen-bond acceptors (Lipinski definition) is 3. The Hall–Kier alpha value is -1.85. The lowest BCUT2D eigenvalue weighted by Crippen LogP contribution is -2.30. The largest absolute Gasteiger partial charge is 0.489 e. The van der Waals surface area contributed by atoms with Crippen LogP contribution in [0.5, 0.6) is 5.75 Å². The van der Waals surface area contributed by atoms with Crippen LogP contribution >= 0.6 is 15.9 Å². The molecule has 2 atom stereocenters. The Bertz CT molecular complexity index is 688. The van der Waals surface area contributed by atoms with Crippen molar-refractivity contribution in [2.45, 2.75) is 25.0 Å². The summed E-state index contributed by atoms with van der Waals surface area (Å²) in [5, 5.41) is 3.16. The van der Waals surface area contributed by atoms with Gasteiger partial charge in [-0.25, -0.2) is 0 Å².